The third-order valence-corrected chi connectivity index (χ3v) is 6.41. The molecule has 19 heteroatoms. The van der Waals surface area contributed by atoms with E-state index in [4.69, 9.17) is 42.6 Å². The SMILES string of the molecule is CC(=O)N[C@@H]1[C@H](O[C@H]2[C@H](OC(C)=O)[C@@H](NC(C)=O)[C@H](OC(C)=O)O[C@@H]2COC(C)=O)O[C@H](COC(C)=O)[C@@H](OC(C)=O)[C@@H]1OC(C)=O. The first-order valence-corrected chi connectivity index (χ1v) is 14.4. The monoisotopic (exact) mass is 676 g/mol. The molecule has 2 saturated heterocycles. The lowest BCUT2D eigenvalue weighted by atomic mass is 9.94. The van der Waals surface area contributed by atoms with Gasteiger partial charge in [0.1, 0.15) is 43.6 Å². The number of ether oxygens (including phenoxy) is 9. The Bertz CT molecular complexity index is 1210. The Balaban J connectivity index is 2.73. The van der Waals surface area contributed by atoms with Crippen LogP contribution in [0.4, 0.5) is 0 Å². The summed E-state index contributed by atoms with van der Waals surface area (Å²) in [5.74, 6) is -6.25. The van der Waals surface area contributed by atoms with Crippen LogP contribution >= 0.6 is 0 Å². The van der Waals surface area contributed by atoms with Crippen molar-refractivity contribution in [1.82, 2.24) is 10.6 Å². The lowest BCUT2D eigenvalue weighted by Gasteiger charge is -2.49. The number of hydrogen-bond donors (Lipinski definition) is 2. The van der Waals surface area contributed by atoms with Gasteiger partial charge in [-0.2, -0.15) is 0 Å². The summed E-state index contributed by atoms with van der Waals surface area (Å²) in [7, 11) is 0. The van der Waals surface area contributed by atoms with Crippen LogP contribution in [-0.4, -0.2) is 122 Å². The van der Waals surface area contributed by atoms with Gasteiger partial charge >= 0.3 is 35.8 Å². The molecule has 2 rings (SSSR count). The average Bonchev–Trinajstić information content (AvgIpc) is 2.91. The molecule has 2 aliphatic heterocycles. The smallest absolute Gasteiger partial charge is 0.305 e. The Morgan fingerprint density at radius 3 is 1.23 bits per heavy atom. The Morgan fingerprint density at radius 1 is 0.468 bits per heavy atom. The number of carbonyl (C=O) groups excluding carboxylic acids is 8. The summed E-state index contributed by atoms with van der Waals surface area (Å²) < 4.78 is 50.1. The normalized spacial score (nSPS) is 30.0. The maximum atomic E-state index is 12.4. The summed E-state index contributed by atoms with van der Waals surface area (Å²) in [5.41, 5.74) is 0. The van der Waals surface area contributed by atoms with Crippen molar-refractivity contribution in [3.63, 3.8) is 0 Å². The molecular weight excluding hydrogens is 636 g/mol. The minimum Gasteiger partial charge on any atom is -0.463 e. The van der Waals surface area contributed by atoms with E-state index in [2.05, 4.69) is 10.6 Å². The minimum absolute atomic E-state index is 0.549. The van der Waals surface area contributed by atoms with Crippen LogP contribution in [0.25, 0.3) is 0 Å². The zero-order valence-corrected chi connectivity index (χ0v) is 27.1. The molecule has 0 aromatic rings. The van der Waals surface area contributed by atoms with Crippen LogP contribution in [0.5, 0.6) is 0 Å². The number of nitrogens with one attached hydrogen (secondary N) is 2. The maximum Gasteiger partial charge on any atom is 0.305 e. The van der Waals surface area contributed by atoms with E-state index in [1.54, 1.807) is 0 Å². The van der Waals surface area contributed by atoms with Crippen molar-refractivity contribution in [2.45, 2.75) is 117 Å². The number of amides is 2. The van der Waals surface area contributed by atoms with Crippen LogP contribution in [0.1, 0.15) is 55.4 Å². The van der Waals surface area contributed by atoms with Gasteiger partial charge in [0.25, 0.3) is 0 Å². The highest BCUT2D eigenvalue weighted by atomic mass is 16.8. The van der Waals surface area contributed by atoms with Gasteiger partial charge in [-0.1, -0.05) is 0 Å². The molecule has 2 amide bonds. The maximum absolute atomic E-state index is 12.4. The third kappa shape index (κ3) is 12.1. The highest BCUT2D eigenvalue weighted by molar-refractivity contribution is 5.74. The number of hydrogen-bond acceptors (Lipinski definition) is 17. The summed E-state index contributed by atoms with van der Waals surface area (Å²) in [6.45, 7) is 7.56. The van der Waals surface area contributed by atoms with E-state index in [0.717, 1.165) is 55.4 Å². The molecule has 0 aliphatic carbocycles. The second-order valence-electron chi connectivity index (χ2n) is 10.6. The van der Waals surface area contributed by atoms with Crippen molar-refractivity contribution >= 4 is 47.6 Å². The zero-order chi connectivity index (χ0) is 35.6. The molecule has 0 spiro atoms. The van der Waals surface area contributed by atoms with Crippen molar-refractivity contribution in [3.05, 3.63) is 0 Å². The predicted octanol–water partition coefficient (Wildman–Crippen LogP) is -1.68. The molecule has 0 aromatic heterocycles. The van der Waals surface area contributed by atoms with Gasteiger partial charge in [0.05, 0.1) is 0 Å². The van der Waals surface area contributed by atoms with Gasteiger partial charge in [0.15, 0.2) is 24.6 Å². The highest BCUT2D eigenvalue weighted by Crippen LogP contribution is 2.33. The second-order valence-corrected chi connectivity index (χ2v) is 10.6. The van der Waals surface area contributed by atoms with E-state index in [1.165, 1.54) is 0 Å². The Labute approximate surface area is 269 Å². The molecule has 2 N–H and O–H groups in total. The van der Waals surface area contributed by atoms with Crippen molar-refractivity contribution in [3.8, 4) is 0 Å². The molecule has 2 heterocycles. The molecule has 19 nitrogen and oxygen atoms in total. The molecule has 0 aromatic carbocycles. The highest BCUT2D eigenvalue weighted by Gasteiger charge is 2.56. The van der Waals surface area contributed by atoms with Crippen LogP contribution in [-0.2, 0) is 81.0 Å². The van der Waals surface area contributed by atoms with E-state index in [0.29, 0.717) is 0 Å². The predicted molar refractivity (Wildman–Crippen MR) is 149 cm³/mol. The van der Waals surface area contributed by atoms with E-state index < -0.39 is 122 Å². The van der Waals surface area contributed by atoms with Gasteiger partial charge in [0.2, 0.25) is 18.1 Å². The topological polar surface area (TPSA) is 244 Å². The van der Waals surface area contributed by atoms with Crippen LogP contribution in [0.15, 0.2) is 0 Å². The fraction of sp³-hybridized carbons (Fsp3) is 0.714. The number of esters is 6. The fourth-order valence-electron chi connectivity index (χ4n) is 4.95. The van der Waals surface area contributed by atoms with Gasteiger partial charge in [-0.15, -0.1) is 0 Å². The van der Waals surface area contributed by atoms with Gasteiger partial charge in [-0.3, -0.25) is 38.4 Å². The van der Waals surface area contributed by atoms with Gasteiger partial charge < -0.3 is 53.3 Å². The molecule has 10 atom stereocenters. The molecular formula is C28H40N2O17. The van der Waals surface area contributed by atoms with Gasteiger partial charge in [-0.05, 0) is 0 Å². The van der Waals surface area contributed by atoms with Crippen molar-refractivity contribution in [1.29, 1.82) is 0 Å². The molecule has 0 unspecified atom stereocenters. The summed E-state index contributed by atoms with van der Waals surface area (Å²) in [5, 5.41) is 5.02. The van der Waals surface area contributed by atoms with Crippen LogP contribution in [0.2, 0.25) is 0 Å². The first-order valence-electron chi connectivity index (χ1n) is 14.4. The average molecular weight is 677 g/mol. The largest absolute Gasteiger partial charge is 0.463 e. The van der Waals surface area contributed by atoms with Gasteiger partial charge in [0, 0.05) is 55.4 Å². The molecule has 0 bridgehead atoms. The molecule has 2 fully saturated rings. The first kappa shape index (κ1) is 38.8. The molecule has 0 saturated carbocycles. The summed E-state index contributed by atoms with van der Waals surface area (Å²) >= 11 is 0. The van der Waals surface area contributed by atoms with E-state index in [-0.39, 0.29) is 0 Å². The van der Waals surface area contributed by atoms with Gasteiger partial charge in [-0.25, -0.2) is 0 Å². The first-order chi connectivity index (χ1) is 21.9. The Morgan fingerprint density at radius 2 is 0.830 bits per heavy atom. The molecule has 264 valence electrons. The Hall–Kier alpha value is -4.36. The second kappa shape index (κ2) is 17.5. The van der Waals surface area contributed by atoms with Crippen molar-refractivity contribution in [2.24, 2.45) is 0 Å². The van der Waals surface area contributed by atoms with Crippen LogP contribution in [0.3, 0.4) is 0 Å². The fourth-order valence-corrected chi connectivity index (χ4v) is 4.95. The van der Waals surface area contributed by atoms with E-state index >= 15 is 0 Å². The molecule has 47 heavy (non-hydrogen) atoms. The third-order valence-electron chi connectivity index (χ3n) is 6.41. The minimum atomic E-state index is -1.69. The lowest BCUT2D eigenvalue weighted by Crippen LogP contribution is -2.70. The number of carbonyl (C=O) groups is 8. The number of rotatable bonds is 12. The quantitative estimate of drug-likeness (QED) is 0.173. The van der Waals surface area contributed by atoms with Crippen LogP contribution < -0.4 is 10.6 Å². The Kier molecular flexibility index (Phi) is 14.5. The van der Waals surface area contributed by atoms with Crippen molar-refractivity contribution in [2.75, 3.05) is 13.2 Å². The summed E-state index contributed by atoms with van der Waals surface area (Å²) in [4.78, 5) is 96.7. The van der Waals surface area contributed by atoms with Crippen LogP contribution in [0, 0.1) is 0 Å². The summed E-state index contributed by atoms with van der Waals surface area (Å²) in [6, 6.07) is -2.86. The van der Waals surface area contributed by atoms with E-state index in [1.807, 2.05) is 0 Å². The standard InChI is InChI=1S/C28H40N2O17/c1-11(31)29-21-26(43-17(7)37)24(20(10-40-14(4)34)45-27(21)44-18(8)38)47-28-22(30-12(2)32)25(42-16(6)36)23(41-15(5)35)19(46-28)9-39-13(3)33/h19-28H,9-10H2,1-8H3,(H,29,31)(H,30,32)/t19-,20-,21-,22+,23-,24-,25-,26-,27-,28+/m1/s1. The molecule has 0 radical (unpaired) electrons. The zero-order valence-electron chi connectivity index (χ0n) is 27.1. The summed E-state index contributed by atoms with van der Waals surface area (Å²) in [6.07, 6.45) is -12.1. The molecule has 2 aliphatic rings. The lowest BCUT2D eigenvalue weighted by molar-refractivity contribution is -0.330. The van der Waals surface area contributed by atoms with Crippen molar-refractivity contribution < 1.29 is 81.0 Å². The van der Waals surface area contributed by atoms with E-state index in [9.17, 15) is 38.4 Å².